The van der Waals surface area contributed by atoms with Crippen molar-refractivity contribution in [1.82, 2.24) is 14.9 Å². The molecule has 25 heavy (non-hydrogen) atoms. The van der Waals surface area contributed by atoms with Crippen LogP contribution in [0.3, 0.4) is 0 Å². The molecule has 1 N–H and O–H groups in total. The van der Waals surface area contributed by atoms with Gasteiger partial charge in [-0.3, -0.25) is 4.98 Å². The molecule has 0 aliphatic carbocycles. The first-order valence-electron chi connectivity index (χ1n) is 9.48. The SMILES string of the molecule is Cc1ccc2c(c1)c1c(n2CCc2ccc(C)nc2)C[C@@H]2CC[C@@H]1N2. The number of hydrogen-bond donors (Lipinski definition) is 1. The lowest BCUT2D eigenvalue weighted by atomic mass is 9.98. The zero-order valence-corrected chi connectivity index (χ0v) is 15.0. The molecular formula is C22H25N3. The quantitative estimate of drug-likeness (QED) is 0.778. The summed E-state index contributed by atoms with van der Waals surface area (Å²) in [5.41, 5.74) is 8.33. The van der Waals surface area contributed by atoms with Crippen molar-refractivity contribution in [2.24, 2.45) is 0 Å². The van der Waals surface area contributed by atoms with E-state index >= 15 is 0 Å². The molecule has 0 unspecified atom stereocenters. The summed E-state index contributed by atoms with van der Waals surface area (Å²) in [5.74, 6) is 0. The molecule has 4 heterocycles. The standard InChI is InChI=1S/C22H25N3/c1-14-3-8-20-18(11-14)22-19-7-6-17(24-19)12-21(22)25(20)10-9-16-5-4-15(2)23-13-16/h3-5,8,11,13,17,19,24H,6-7,9-10,12H2,1-2H3/t17-,19-/m0/s1. The van der Waals surface area contributed by atoms with E-state index in [0.717, 1.165) is 18.7 Å². The van der Waals surface area contributed by atoms with Gasteiger partial charge in [0.1, 0.15) is 0 Å². The first-order chi connectivity index (χ1) is 12.2. The van der Waals surface area contributed by atoms with Crippen LogP contribution in [0.15, 0.2) is 36.5 Å². The number of benzene rings is 1. The highest BCUT2D eigenvalue weighted by molar-refractivity contribution is 5.87. The molecular weight excluding hydrogens is 306 g/mol. The van der Waals surface area contributed by atoms with E-state index in [-0.39, 0.29) is 0 Å². The van der Waals surface area contributed by atoms with Crippen LogP contribution in [0.2, 0.25) is 0 Å². The number of aryl methyl sites for hydroxylation is 4. The fourth-order valence-corrected chi connectivity index (χ4v) is 4.74. The monoisotopic (exact) mass is 331 g/mol. The van der Waals surface area contributed by atoms with Crippen molar-refractivity contribution in [3.8, 4) is 0 Å². The Bertz CT molecular complexity index is 936. The van der Waals surface area contributed by atoms with Crippen LogP contribution in [0, 0.1) is 13.8 Å². The molecule has 3 heteroatoms. The van der Waals surface area contributed by atoms with E-state index < -0.39 is 0 Å². The number of aromatic nitrogens is 2. The molecule has 2 atom stereocenters. The Morgan fingerprint density at radius 3 is 2.92 bits per heavy atom. The minimum atomic E-state index is 0.556. The first kappa shape index (κ1) is 15.2. The number of rotatable bonds is 3. The lowest BCUT2D eigenvalue weighted by molar-refractivity contribution is 0.495. The highest BCUT2D eigenvalue weighted by Crippen LogP contribution is 2.42. The van der Waals surface area contributed by atoms with Crippen LogP contribution in [0.1, 0.15) is 47.0 Å². The molecule has 5 rings (SSSR count). The van der Waals surface area contributed by atoms with Gasteiger partial charge in [-0.15, -0.1) is 0 Å². The highest BCUT2D eigenvalue weighted by Gasteiger charge is 2.36. The van der Waals surface area contributed by atoms with Crippen LogP contribution in [0.4, 0.5) is 0 Å². The molecule has 1 fully saturated rings. The van der Waals surface area contributed by atoms with Crippen LogP contribution in [0.25, 0.3) is 10.9 Å². The highest BCUT2D eigenvalue weighted by atomic mass is 15.1. The van der Waals surface area contributed by atoms with E-state index in [1.54, 1.807) is 11.3 Å². The Morgan fingerprint density at radius 2 is 2.08 bits per heavy atom. The number of fused-ring (bicyclic) bond motifs is 6. The molecule has 0 amide bonds. The average molecular weight is 331 g/mol. The predicted molar refractivity (Wildman–Crippen MR) is 102 cm³/mol. The summed E-state index contributed by atoms with van der Waals surface area (Å²) >= 11 is 0. The van der Waals surface area contributed by atoms with E-state index in [4.69, 9.17) is 0 Å². The Balaban J connectivity index is 1.58. The number of nitrogens with one attached hydrogen (secondary N) is 1. The van der Waals surface area contributed by atoms with Gasteiger partial charge in [0.25, 0.3) is 0 Å². The smallest absolute Gasteiger partial charge is 0.0486 e. The number of pyridine rings is 1. The van der Waals surface area contributed by atoms with Crippen molar-refractivity contribution in [3.63, 3.8) is 0 Å². The summed E-state index contributed by atoms with van der Waals surface area (Å²) in [4.78, 5) is 4.46. The molecule has 1 aromatic carbocycles. The maximum atomic E-state index is 4.46. The third-order valence-electron chi connectivity index (χ3n) is 6.00. The molecule has 2 bridgehead atoms. The Kier molecular flexibility index (Phi) is 3.46. The van der Waals surface area contributed by atoms with Gasteiger partial charge >= 0.3 is 0 Å². The van der Waals surface area contributed by atoms with Crippen LogP contribution in [-0.4, -0.2) is 15.6 Å². The maximum Gasteiger partial charge on any atom is 0.0486 e. The predicted octanol–water partition coefficient (Wildman–Crippen LogP) is 4.25. The van der Waals surface area contributed by atoms with Gasteiger partial charge in [0.2, 0.25) is 0 Å². The van der Waals surface area contributed by atoms with Crippen LogP contribution in [-0.2, 0) is 19.4 Å². The molecule has 0 saturated carbocycles. The van der Waals surface area contributed by atoms with Gasteiger partial charge in [-0.2, -0.15) is 0 Å². The summed E-state index contributed by atoms with van der Waals surface area (Å²) in [6.07, 6.45) is 6.84. The van der Waals surface area contributed by atoms with Crippen molar-refractivity contribution in [3.05, 3.63) is 64.6 Å². The first-order valence-corrected chi connectivity index (χ1v) is 9.48. The second kappa shape index (κ2) is 5.70. The Morgan fingerprint density at radius 1 is 1.16 bits per heavy atom. The van der Waals surface area contributed by atoms with Crippen LogP contribution < -0.4 is 5.32 Å². The molecule has 2 aliphatic heterocycles. The van der Waals surface area contributed by atoms with Crippen LogP contribution >= 0.6 is 0 Å². The van der Waals surface area contributed by atoms with Crippen molar-refractivity contribution in [1.29, 1.82) is 0 Å². The molecule has 2 aliphatic rings. The van der Waals surface area contributed by atoms with Gasteiger partial charge in [-0.25, -0.2) is 0 Å². The third kappa shape index (κ3) is 2.49. The van der Waals surface area contributed by atoms with E-state index in [1.807, 2.05) is 13.1 Å². The second-order valence-corrected chi connectivity index (χ2v) is 7.79. The molecule has 3 aromatic rings. The second-order valence-electron chi connectivity index (χ2n) is 7.79. The topological polar surface area (TPSA) is 29.9 Å². The molecule has 1 saturated heterocycles. The molecule has 128 valence electrons. The number of hydrogen-bond acceptors (Lipinski definition) is 2. The average Bonchev–Trinajstić information content (AvgIpc) is 3.13. The van der Waals surface area contributed by atoms with Crippen molar-refractivity contribution < 1.29 is 0 Å². The van der Waals surface area contributed by atoms with Gasteiger partial charge in [0, 0.05) is 53.5 Å². The molecule has 3 nitrogen and oxygen atoms in total. The van der Waals surface area contributed by atoms with Crippen molar-refractivity contribution in [2.75, 3.05) is 0 Å². The van der Waals surface area contributed by atoms with Gasteiger partial charge in [-0.1, -0.05) is 17.7 Å². The van der Waals surface area contributed by atoms with Gasteiger partial charge in [-0.05, 0) is 62.4 Å². The van der Waals surface area contributed by atoms with E-state index in [0.29, 0.717) is 12.1 Å². The summed E-state index contributed by atoms with van der Waals surface area (Å²) in [6, 6.07) is 12.5. The summed E-state index contributed by atoms with van der Waals surface area (Å²) in [7, 11) is 0. The van der Waals surface area contributed by atoms with E-state index in [2.05, 4.69) is 52.1 Å². The fraction of sp³-hybridized carbons (Fsp3) is 0.409. The third-order valence-corrected chi connectivity index (χ3v) is 6.00. The summed E-state index contributed by atoms with van der Waals surface area (Å²) in [6.45, 7) is 5.29. The van der Waals surface area contributed by atoms with E-state index in [1.165, 1.54) is 41.3 Å². The summed E-state index contributed by atoms with van der Waals surface area (Å²) in [5, 5.41) is 5.30. The fourth-order valence-electron chi connectivity index (χ4n) is 4.74. The van der Waals surface area contributed by atoms with Crippen LogP contribution in [0.5, 0.6) is 0 Å². The Hall–Kier alpha value is -2.13. The normalized spacial score (nSPS) is 21.7. The maximum absolute atomic E-state index is 4.46. The lowest BCUT2D eigenvalue weighted by Crippen LogP contribution is -2.32. The Labute approximate surface area is 149 Å². The zero-order chi connectivity index (χ0) is 17.0. The lowest BCUT2D eigenvalue weighted by Gasteiger charge is -2.24. The number of nitrogens with zero attached hydrogens (tertiary/aromatic N) is 2. The molecule has 0 spiro atoms. The van der Waals surface area contributed by atoms with Crippen molar-refractivity contribution in [2.45, 2.75) is 58.2 Å². The largest absolute Gasteiger partial charge is 0.344 e. The van der Waals surface area contributed by atoms with E-state index in [9.17, 15) is 0 Å². The minimum Gasteiger partial charge on any atom is -0.344 e. The van der Waals surface area contributed by atoms with Crippen molar-refractivity contribution >= 4 is 10.9 Å². The molecule has 2 aromatic heterocycles. The summed E-state index contributed by atoms with van der Waals surface area (Å²) < 4.78 is 2.59. The van der Waals surface area contributed by atoms with Gasteiger partial charge in [0.05, 0.1) is 0 Å². The zero-order valence-electron chi connectivity index (χ0n) is 15.0. The minimum absolute atomic E-state index is 0.556. The van der Waals surface area contributed by atoms with Gasteiger partial charge < -0.3 is 9.88 Å². The van der Waals surface area contributed by atoms with Gasteiger partial charge in [0.15, 0.2) is 0 Å². The molecule has 0 radical (unpaired) electrons.